The zero-order valence-corrected chi connectivity index (χ0v) is 13.5. The van der Waals surface area contributed by atoms with Gasteiger partial charge in [0, 0.05) is 19.4 Å². The van der Waals surface area contributed by atoms with Gasteiger partial charge in [0.05, 0.1) is 17.9 Å². The van der Waals surface area contributed by atoms with E-state index in [1.165, 1.54) is 23.2 Å². The van der Waals surface area contributed by atoms with Crippen LogP contribution in [-0.2, 0) is 11.8 Å². The van der Waals surface area contributed by atoms with Gasteiger partial charge in [0.2, 0.25) is 5.78 Å². The first-order valence-corrected chi connectivity index (χ1v) is 7.56. The Bertz CT molecular complexity index is 1010. The number of carbonyl (C=O) groups excluding carboxylic acids is 2. The predicted molar refractivity (Wildman–Crippen MR) is 86.0 cm³/mol. The Labute approximate surface area is 146 Å². The Morgan fingerprint density at radius 2 is 2.15 bits per heavy atom. The highest BCUT2D eigenvalue weighted by Gasteiger charge is 2.47. The monoisotopic (exact) mass is 352 g/mol. The van der Waals surface area contributed by atoms with Crippen LogP contribution in [0.2, 0.25) is 0 Å². The third kappa shape index (κ3) is 2.27. The Hall–Kier alpha value is -3.82. The van der Waals surface area contributed by atoms with Crippen LogP contribution >= 0.6 is 0 Å². The molecule has 4 rings (SSSR count). The SMILES string of the molecule is Cn1nnnc1N1C(=O)C(O)=C(C(=O)c2ccco2)C1c1cccnc1. The molecule has 1 aliphatic rings. The predicted octanol–water partition coefficient (Wildman–Crippen LogP) is 0.981. The minimum Gasteiger partial charge on any atom is -0.503 e. The number of aliphatic hydroxyl groups is 1. The Kier molecular flexibility index (Phi) is 3.57. The van der Waals surface area contributed by atoms with Crippen molar-refractivity contribution < 1.29 is 19.1 Å². The van der Waals surface area contributed by atoms with E-state index in [4.69, 9.17) is 4.42 Å². The van der Waals surface area contributed by atoms with Gasteiger partial charge in [0.25, 0.3) is 11.9 Å². The van der Waals surface area contributed by atoms with Crippen molar-refractivity contribution in [2.24, 2.45) is 7.05 Å². The van der Waals surface area contributed by atoms with Crippen LogP contribution in [-0.4, -0.2) is 42.0 Å². The number of carbonyl (C=O) groups is 2. The molecule has 1 N–H and O–H groups in total. The average Bonchev–Trinajstić information content (AvgIpc) is 3.37. The van der Waals surface area contributed by atoms with Gasteiger partial charge in [-0.3, -0.25) is 19.5 Å². The highest BCUT2D eigenvalue weighted by Crippen LogP contribution is 2.40. The molecule has 0 aromatic carbocycles. The smallest absolute Gasteiger partial charge is 0.296 e. The molecule has 0 bridgehead atoms. The first-order chi connectivity index (χ1) is 12.6. The van der Waals surface area contributed by atoms with Crippen molar-refractivity contribution in [2.75, 3.05) is 4.90 Å². The second-order valence-electron chi connectivity index (χ2n) is 5.54. The number of pyridine rings is 1. The summed E-state index contributed by atoms with van der Waals surface area (Å²) in [5.41, 5.74) is 0.392. The van der Waals surface area contributed by atoms with Gasteiger partial charge in [-0.1, -0.05) is 11.2 Å². The number of nitrogens with zero attached hydrogens (tertiary/aromatic N) is 6. The van der Waals surface area contributed by atoms with E-state index in [1.807, 2.05) is 0 Å². The van der Waals surface area contributed by atoms with Crippen molar-refractivity contribution in [3.8, 4) is 0 Å². The van der Waals surface area contributed by atoms with E-state index in [2.05, 4.69) is 20.5 Å². The molecule has 10 nitrogen and oxygen atoms in total. The maximum atomic E-state index is 12.9. The molecule has 0 saturated heterocycles. The van der Waals surface area contributed by atoms with Crippen LogP contribution in [0.5, 0.6) is 0 Å². The van der Waals surface area contributed by atoms with Gasteiger partial charge in [0.15, 0.2) is 11.5 Å². The summed E-state index contributed by atoms with van der Waals surface area (Å²) in [5.74, 6) is -1.98. The number of ketones is 1. The number of aryl methyl sites for hydroxylation is 1. The summed E-state index contributed by atoms with van der Waals surface area (Å²) in [7, 11) is 1.55. The fraction of sp³-hybridized carbons (Fsp3) is 0.125. The van der Waals surface area contributed by atoms with Crippen LogP contribution in [0.3, 0.4) is 0 Å². The van der Waals surface area contributed by atoms with Crippen LogP contribution in [0.1, 0.15) is 22.2 Å². The molecule has 1 amide bonds. The molecule has 0 saturated carbocycles. The number of tetrazole rings is 1. The molecule has 26 heavy (non-hydrogen) atoms. The number of anilines is 1. The molecule has 3 aromatic heterocycles. The standard InChI is InChI=1S/C16H12N6O4/c1-21-16(18-19-20-21)22-12(9-4-2-6-17-8-9)11(14(24)15(22)25)13(23)10-5-3-7-26-10/h2-8,12,24H,1H3. The summed E-state index contributed by atoms with van der Waals surface area (Å²) in [6, 6.07) is 5.41. The fourth-order valence-corrected chi connectivity index (χ4v) is 2.87. The zero-order valence-electron chi connectivity index (χ0n) is 13.5. The number of rotatable bonds is 4. The minimum absolute atomic E-state index is 0.00572. The summed E-state index contributed by atoms with van der Waals surface area (Å²) in [6.45, 7) is 0. The first kappa shape index (κ1) is 15.7. The lowest BCUT2D eigenvalue weighted by molar-refractivity contribution is -0.117. The second kappa shape index (κ2) is 5.92. The van der Waals surface area contributed by atoms with Crippen LogP contribution in [0, 0.1) is 0 Å². The summed E-state index contributed by atoms with van der Waals surface area (Å²) >= 11 is 0. The lowest BCUT2D eigenvalue weighted by Crippen LogP contribution is -2.33. The van der Waals surface area contributed by atoms with Crippen molar-refractivity contribution in [1.82, 2.24) is 25.2 Å². The summed E-state index contributed by atoms with van der Waals surface area (Å²) in [6.07, 6.45) is 4.40. The van der Waals surface area contributed by atoms with Crippen molar-refractivity contribution in [2.45, 2.75) is 6.04 Å². The van der Waals surface area contributed by atoms with Crippen molar-refractivity contribution in [3.05, 3.63) is 65.6 Å². The summed E-state index contributed by atoms with van der Waals surface area (Å²) in [5, 5.41) is 21.5. The zero-order chi connectivity index (χ0) is 18.3. The van der Waals surface area contributed by atoms with Gasteiger partial charge in [0.1, 0.15) is 0 Å². The Morgan fingerprint density at radius 1 is 1.31 bits per heavy atom. The van der Waals surface area contributed by atoms with Gasteiger partial charge in [-0.2, -0.15) is 0 Å². The molecule has 10 heteroatoms. The van der Waals surface area contributed by atoms with Crippen molar-refractivity contribution in [3.63, 3.8) is 0 Å². The van der Waals surface area contributed by atoms with Gasteiger partial charge in [-0.15, -0.1) is 0 Å². The Morgan fingerprint density at radius 3 is 2.77 bits per heavy atom. The van der Waals surface area contributed by atoms with E-state index < -0.39 is 23.5 Å². The molecule has 0 fully saturated rings. The topological polar surface area (TPSA) is 127 Å². The van der Waals surface area contributed by atoms with Crippen molar-refractivity contribution in [1.29, 1.82) is 0 Å². The maximum Gasteiger partial charge on any atom is 0.296 e. The third-order valence-electron chi connectivity index (χ3n) is 4.01. The van der Waals surface area contributed by atoms with E-state index in [0.717, 1.165) is 4.90 Å². The second-order valence-corrected chi connectivity index (χ2v) is 5.54. The molecule has 1 atom stereocenters. The average molecular weight is 352 g/mol. The van der Waals surface area contributed by atoms with E-state index in [0.29, 0.717) is 5.56 Å². The Balaban J connectivity index is 1.90. The quantitative estimate of drug-likeness (QED) is 0.688. The molecular weight excluding hydrogens is 340 g/mol. The minimum atomic E-state index is -0.946. The molecule has 3 aromatic rings. The summed E-state index contributed by atoms with van der Waals surface area (Å²) in [4.78, 5) is 30.8. The molecule has 0 spiro atoms. The van der Waals surface area contributed by atoms with Crippen LogP contribution in [0.15, 0.2) is 58.7 Å². The van der Waals surface area contributed by atoms with Gasteiger partial charge in [-0.05, 0) is 34.2 Å². The van der Waals surface area contributed by atoms with Gasteiger partial charge in [-0.25, -0.2) is 4.68 Å². The van der Waals surface area contributed by atoms with Gasteiger partial charge < -0.3 is 9.52 Å². The number of Topliss-reactive ketones (excluding diaryl/α,β-unsaturated/α-hetero) is 1. The van der Waals surface area contributed by atoms with E-state index in [1.54, 1.807) is 31.4 Å². The maximum absolute atomic E-state index is 12.9. The van der Waals surface area contributed by atoms with Crippen LogP contribution in [0.25, 0.3) is 0 Å². The van der Waals surface area contributed by atoms with E-state index in [9.17, 15) is 14.7 Å². The molecule has 4 heterocycles. The molecule has 0 radical (unpaired) electrons. The highest BCUT2D eigenvalue weighted by atomic mass is 16.3. The third-order valence-corrected chi connectivity index (χ3v) is 4.01. The molecule has 130 valence electrons. The highest BCUT2D eigenvalue weighted by molar-refractivity contribution is 6.19. The fourth-order valence-electron chi connectivity index (χ4n) is 2.87. The van der Waals surface area contributed by atoms with E-state index in [-0.39, 0.29) is 17.3 Å². The number of furan rings is 1. The largest absolute Gasteiger partial charge is 0.503 e. The van der Waals surface area contributed by atoms with Crippen molar-refractivity contribution >= 4 is 17.6 Å². The first-order valence-electron chi connectivity index (χ1n) is 7.56. The number of aromatic nitrogens is 5. The van der Waals surface area contributed by atoms with Crippen LogP contribution < -0.4 is 4.90 Å². The normalized spacial score (nSPS) is 17.2. The molecule has 1 unspecified atom stereocenters. The lowest BCUT2D eigenvalue weighted by atomic mass is 9.96. The molecular formula is C16H12N6O4. The molecule has 0 aliphatic carbocycles. The van der Waals surface area contributed by atoms with Crippen LogP contribution in [0.4, 0.5) is 5.95 Å². The number of hydrogen-bond donors (Lipinski definition) is 1. The lowest BCUT2D eigenvalue weighted by Gasteiger charge is -2.24. The molecule has 1 aliphatic heterocycles. The summed E-state index contributed by atoms with van der Waals surface area (Å²) < 4.78 is 6.41. The van der Waals surface area contributed by atoms with Gasteiger partial charge >= 0.3 is 0 Å². The van der Waals surface area contributed by atoms with E-state index >= 15 is 0 Å². The number of amides is 1. The number of hydrogen-bond acceptors (Lipinski definition) is 8. The number of aliphatic hydroxyl groups excluding tert-OH is 1.